The molecule has 3 heteroatoms. The molecule has 0 saturated carbocycles. The highest BCUT2D eigenvalue weighted by molar-refractivity contribution is 5.96. The lowest BCUT2D eigenvalue weighted by Gasteiger charge is -2.24. The van der Waals surface area contributed by atoms with Crippen molar-refractivity contribution in [3.8, 4) is 0 Å². The Morgan fingerprint density at radius 1 is 1.00 bits per heavy atom. The fourth-order valence-electron chi connectivity index (χ4n) is 3.94. The summed E-state index contributed by atoms with van der Waals surface area (Å²) >= 11 is 0. The Morgan fingerprint density at radius 2 is 1.74 bits per heavy atom. The van der Waals surface area contributed by atoms with Crippen molar-refractivity contribution < 1.29 is 9.68 Å². The topological polar surface area (TPSA) is 26.5 Å². The Bertz CT molecular complexity index is 753. The number of para-hydroxylation sites is 1. The van der Waals surface area contributed by atoms with Gasteiger partial charge in [-0.1, -0.05) is 48.5 Å². The van der Waals surface area contributed by atoms with E-state index in [4.69, 9.17) is 0 Å². The smallest absolute Gasteiger partial charge is 0.271 e. The van der Waals surface area contributed by atoms with Gasteiger partial charge in [0.05, 0.1) is 6.54 Å². The Hall–Kier alpha value is -2.13. The third-order valence-electron chi connectivity index (χ3n) is 5.12. The molecule has 0 radical (unpaired) electrons. The summed E-state index contributed by atoms with van der Waals surface area (Å²) in [5.74, 6) is 1.26. The van der Waals surface area contributed by atoms with Gasteiger partial charge in [-0.15, -0.1) is 0 Å². The minimum Gasteiger partial charge on any atom is -0.346 e. The van der Waals surface area contributed by atoms with Crippen molar-refractivity contribution in [2.45, 2.75) is 31.9 Å². The van der Waals surface area contributed by atoms with Gasteiger partial charge in [-0.2, -0.15) is 0 Å². The number of aryl methyl sites for hydroxylation is 1. The predicted octanol–water partition coefficient (Wildman–Crippen LogP) is 3.26. The van der Waals surface area contributed by atoms with Gasteiger partial charge in [-0.3, -0.25) is 0 Å². The summed E-state index contributed by atoms with van der Waals surface area (Å²) in [5, 5.41) is 11.5. The fraction of sp³-hybridized carbons (Fsp3) is 0.350. The number of nitrogens with zero attached hydrogens (tertiary/aromatic N) is 2. The first-order valence-electron chi connectivity index (χ1n) is 8.45. The van der Waals surface area contributed by atoms with E-state index in [2.05, 4.69) is 40.7 Å². The van der Waals surface area contributed by atoms with Crippen molar-refractivity contribution in [2.24, 2.45) is 0 Å². The molecule has 0 bridgehead atoms. The lowest BCUT2D eigenvalue weighted by Crippen LogP contribution is -2.41. The minimum atomic E-state index is -0.931. The first kappa shape index (κ1) is 14.5. The summed E-state index contributed by atoms with van der Waals surface area (Å²) in [6.45, 7) is 3.66. The largest absolute Gasteiger partial charge is 0.346 e. The highest BCUT2D eigenvalue weighted by Gasteiger charge is 2.52. The summed E-state index contributed by atoms with van der Waals surface area (Å²) in [5.41, 5.74) is 2.51. The first-order chi connectivity index (χ1) is 11.2. The average molecular weight is 307 g/mol. The molecule has 0 amide bonds. The molecule has 1 N–H and O–H groups in total. The highest BCUT2D eigenvalue weighted by Crippen LogP contribution is 2.36. The van der Waals surface area contributed by atoms with Crippen LogP contribution in [0.15, 0.2) is 54.6 Å². The van der Waals surface area contributed by atoms with E-state index in [0.29, 0.717) is 6.54 Å². The predicted molar refractivity (Wildman–Crippen MR) is 92.8 cm³/mol. The van der Waals surface area contributed by atoms with Crippen molar-refractivity contribution in [2.75, 3.05) is 18.0 Å². The lowest BCUT2D eigenvalue weighted by atomic mass is 10.0. The highest BCUT2D eigenvalue weighted by atomic mass is 16.3. The summed E-state index contributed by atoms with van der Waals surface area (Å²) in [6, 6.07) is 18.5. The van der Waals surface area contributed by atoms with Crippen LogP contribution in [0.4, 0.5) is 5.69 Å². The van der Waals surface area contributed by atoms with Gasteiger partial charge in [-0.25, -0.2) is 9.48 Å². The number of anilines is 1. The van der Waals surface area contributed by atoms with E-state index in [9.17, 15) is 5.11 Å². The van der Waals surface area contributed by atoms with Crippen LogP contribution in [0.2, 0.25) is 0 Å². The summed E-state index contributed by atoms with van der Waals surface area (Å²) < 4.78 is 2.22. The maximum atomic E-state index is 11.5. The van der Waals surface area contributed by atoms with E-state index in [0.717, 1.165) is 24.9 Å². The molecular weight excluding hydrogens is 284 g/mol. The van der Waals surface area contributed by atoms with Crippen LogP contribution in [0.1, 0.15) is 30.4 Å². The van der Waals surface area contributed by atoms with Gasteiger partial charge in [-0.05, 0) is 31.4 Å². The number of β-amino-alcohol motifs (C(OH)–C–C–N with tert-alkyl or cyclic N) is 1. The monoisotopic (exact) mass is 307 g/mol. The zero-order valence-corrected chi connectivity index (χ0v) is 13.6. The molecule has 0 unspecified atom stereocenters. The Kier molecular flexibility index (Phi) is 3.46. The quantitative estimate of drug-likeness (QED) is 0.862. The Morgan fingerprint density at radius 3 is 2.52 bits per heavy atom. The van der Waals surface area contributed by atoms with Crippen LogP contribution >= 0.6 is 0 Å². The third-order valence-corrected chi connectivity index (χ3v) is 5.12. The molecule has 2 heterocycles. The van der Waals surface area contributed by atoms with Gasteiger partial charge in [0.25, 0.3) is 11.6 Å². The lowest BCUT2D eigenvalue weighted by molar-refractivity contribution is -0.661. The molecule has 23 heavy (non-hydrogen) atoms. The SMILES string of the molecule is Cc1ccccc1N1C[C@@](O)(c2ccccc2)[N+]2=C1CCCC2. The number of aliphatic hydroxyl groups is 1. The Labute approximate surface area is 137 Å². The zero-order chi connectivity index (χ0) is 15.9. The van der Waals surface area contributed by atoms with Crippen LogP contribution in [0.5, 0.6) is 0 Å². The average Bonchev–Trinajstić information content (AvgIpc) is 2.91. The van der Waals surface area contributed by atoms with Crippen LogP contribution in [0.25, 0.3) is 0 Å². The van der Waals surface area contributed by atoms with Crippen molar-refractivity contribution in [3.63, 3.8) is 0 Å². The molecule has 2 aliphatic heterocycles. The van der Waals surface area contributed by atoms with Crippen molar-refractivity contribution in [1.29, 1.82) is 0 Å². The molecule has 2 aliphatic rings. The van der Waals surface area contributed by atoms with Crippen LogP contribution < -0.4 is 4.90 Å². The normalized spacial score (nSPS) is 24.0. The van der Waals surface area contributed by atoms with Crippen LogP contribution in [-0.4, -0.2) is 28.6 Å². The maximum Gasteiger partial charge on any atom is 0.271 e. The first-order valence-corrected chi connectivity index (χ1v) is 8.45. The third kappa shape index (κ3) is 2.27. The van der Waals surface area contributed by atoms with Gasteiger partial charge in [0.15, 0.2) is 6.54 Å². The van der Waals surface area contributed by atoms with E-state index in [-0.39, 0.29) is 0 Å². The molecule has 118 valence electrons. The molecule has 4 rings (SSSR count). The van der Waals surface area contributed by atoms with Crippen molar-refractivity contribution in [1.82, 2.24) is 0 Å². The van der Waals surface area contributed by atoms with Crippen LogP contribution in [0.3, 0.4) is 0 Å². The van der Waals surface area contributed by atoms with E-state index in [1.54, 1.807) is 0 Å². The number of hydrogen-bond donors (Lipinski definition) is 1. The molecule has 2 aromatic carbocycles. The number of benzene rings is 2. The second kappa shape index (κ2) is 5.50. The fourth-order valence-corrected chi connectivity index (χ4v) is 3.94. The van der Waals surface area contributed by atoms with Crippen LogP contribution in [-0.2, 0) is 5.72 Å². The number of amidine groups is 1. The van der Waals surface area contributed by atoms with Gasteiger partial charge < -0.3 is 5.11 Å². The van der Waals surface area contributed by atoms with Gasteiger partial charge in [0, 0.05) is 12.0 Å². The molecule has 0 aromatic heterocycles. The molecule has 0 saturated heterocycles. The molecule has 0 aliphatic carbocycles. The minimum absolute atomic E-state index is 0.594. The second-order valence-electron chi connectivity index (χ2n) is 6.58. The summed E-state index contributed by atoms with van der Waals surface area (Å²) in [6.07, 6.45) is 3.36. The second-order valence-corrected chi connectivity index (χ2v) is 6.58. The number of rotatable bonds is 2. The van der Waals surface area contributed by atoms with Gasteiger partial charge >= 0.3 is 0 Å². The molecule has 0 fully saturated rings. The summed E-state index contributed by atoms with van der Waals surface area (Å²) in [4.78, 5) is 2.32. The molecule has 1 atom stereocenters. The molecule has 0 spiro atoms. The van der Waals surface area contributed by atoms with Crippen molar-refractivity contribution in [3.05, 3.63) is 65.7 Å². The maximum absolute atomic E-state index is 11.5. The van der Waals surface area contributed by atoms with Crippen LogP contribution in [0, 0.1) is 6.92 Å². The standard InChI is InChI=1S/C20H23N2O/c1-16-9-5-6-12-18(16)21-15-20(23,17-10-3-2-4-11-17)22-14-8-7-13-19(21)22/h2-6,9-12,23H,7-8,13-15H2,1H3/q+1/t20-/m1/s1. The van der Waals surface area contributed by atoms with E-state index in [1.165, 1.54) is 23.5 Å². The van der Waals surface area contributed by atoms with E-state index >= 15 is 0 Å². The summed E-state index contributed by atoms with van der Waals surface area (Å²) in [7, 11) is 0. The molecule has 3 nitrogen and oxygen atoms in total. The molecule has 2 aromatic rings. The van der Waals surface area contributed by atoms with Gasteiger partial charge in [0.2, 0.25) is 0 Å². The molecular formula is C20H23N2O+. The zero-order valence-electron chi connectivity index (χ0n) is 13.6. The Balaban J connectivity index is 1.83. The van der Waals surface area contributed by atoms with E-state index in [1.807, 2.05) is 30.3 Å². The number of hydrogen-bond acceptors (Lipinski definition) is 2. The van der Waals surface area contributed by atoms with E-state index < -0.39 is 5.72 Å². The van der Waals surface area contributed by atoms with Crippen molar-refractivity contribution >= 4 is 11.5 Å². The van der Waals surface area contributed by atoms with Gasteiger partial charge in [0.1, 0.15) is 5.69 Å².